The first-order valence-corrected chi connectivity index (χ1v) is 8.98. The number of nitrogens with zero attached hydrogens (tertiary/aromatic N) is 4. The van der Waals surface area contributed by atoms with E-state index in [1.54, 1.807) is 24.7 Å². The first-order chi connectivity index (χ1) is 14.9. The Morgan fingerprint density at radius 1 is 1.26 bits per heavy atom. The van der Waals surface area contributed by atoms with E-state index in [-0.39, 0.29) is 18.2 Å². The van der Waals surface area contributed by atoms with Crippen LogP contribution in [-0.2, 0) is 11.3 Å². The van der Waals surface area contributed by atoms with Gasteiger partial charge in [0.15, 0.2) is 5.65 Å². The van der Waals surface area contributed by atoms with E-state index in [0.29, 0.717) is 22.4 Å². The standard InChI is InChI=1S/C20H15F3N6O2/c1-2-17(30)25-11-16-18-15(12-9-26-27-10-12)7-8-24-19(18)29(28-16)13-3-5-14(6-4-13)31-20(21,22)23/h2-10H,1,11H2,(H,25,30)(H,26,27). The lowest BCUT2D eigenvalue weighted by molar-refractivity contribution is -0.274. The second-order valence-electron chi connectivity index (χ2n) is 6.37. The molecule has 4 rings (SSSR count). The van der Waals surface area contributed by atoms with Crippen LogP contribution in [0.25, 0.3) is 27.8 Å². The van der Waals surface area contributed by atoms with Crippen molar-refractivity contribution in [3.8, 4) is 22.6 Å². The smallest absolute Gasteiger partial charge is 0.406 e. The molecule has 4 aromatic rings. The summed E-state index contributed by atoms with van der Waals surface area (Å²) in [4.78, 5) is 16.1. The molecule has 0 fully saturated rings. The molecule has 0 saturated carbocycles. The molecule has 2 N–H and O–H groups in total. The van der Waals surface area contributed by atoms with Crippen molar-refractivity contribution >= 4 is 16.9 Å². The monoisotopic (exact) mass is 428 g/mol. The van der Waals surface area contributed by atoms with Gasteiger partial charge in [0.1, 0.15) is 5.75 Å². The summed E-state index contributed by atoms with van der Waals surface area (Å²) in [6.07, 6.45) is 1.31. The molecule has 0 aliphatic carbocycles. The van der Waals surface area contributed by atoms with Crippen LogP contribution < -0.4 is 10.1 Å². The van der Waals surface area contributed by atoms with Crippen molar-refractivity contribution < 1.29 is 22.7 Å². The van der Waals surface area contributed by atoms with Gasteiger partial charge in [-0.3, -0.25) is 9.89 Å². The van der Waals surface area contributed by atoms with Crippen LogP contribution in [0, 0.1) is 0 Å². The van der Waals surface area contributed by atoms with Gasteiger partial charge in [0.05, 0.1) is 29.5 Å². The lowest BCUT2D eigenvalue weighted by Gasteiger charge is -2.09. The third-order valence-corrected chi connectivity index (χ3v) is 4.38. The number of hydrogen-bond donors (Lipinski definition) is 2. The van der Waals surface area contributed by atoms with Crippen LogP contribution in [0.2, 0.25) is 0 Å². The molecule has 31 heavy (non-hydrogen) atoms. The van der Waals surface area contributed by atoms with Crippen molar-refractivity contribution in [2.24, 2.45) is 0 Å². The minimum absolute atomic E-state index is 0.0974. The molecule has 0 aliphatic heterocycles. The molecule has 0 aliphatic rings. The highest BCUT2D eigenvalue weighted by atomic mass is 19.4. The van der Waals surface area contributed by atoms with Crippen molar-refractivity contribution in [1.82, 2.24) is 30.3 Å². The number of carbonyl (C=O) groups excluding carboxylic acids is 1. The molecule has 0 bridgehead atoms. The molecule has 8 nitrogen and oxygen atoms in total. The van der Waals surface area contributed by atoms with E-state index in [1.807, 2.05) is 0 Å². The lowest BCUT2D eigenvalue weighted by Crippen LogP contribution is -2.20. The zero-order chi connectivity index (χ0) is 22.0. The van der Waals surface area contributed by atoms with Crippen LogP contribution >= 0.6 is 0 Å². The number of aromatic amines is 1. The van der Waals surface area contributed by atoms with E-state index >= 15 is 0 Å². The first kappa shape index (κ1) is 20.1. The van der Waals surface area contributed by atoms with Gasteiger partial charge in [-0.25, -0.2) is 9.67 Å². The molecule has 3 heterocycles. The number of rotatable bonds is 6. The second kappa shape index (κ2) is 7.94. The molecule has 0 saturated heterocycles. The number of amides is 1. The minimum atomic E-state index is -4.78. The van der Waals surface area contributed by atoms with E-state index < -0.39 is 6.36 Å². The third-order valence-electron chi connectivity index (χ3n) is 4.38. The van der Waals surface area contributed by atoms with Gasteiger partial charge in [-0.1, -0.05) is 6.58 Å². The van der Waals surface area contributed by atoms with Gasteiger partial charge in [-0.05, 0) is 42.0 Å². The number of benzene rings is 1. The highest BCUT2D eigenvalue weighted by molar-refractivity contribution is 5.95. The number of pyridine rings is 1. The lowest BCUT2D eigenvalue weighted by atomic mass is 10.1. The third kappa shape index (κ3) is 4.25. The Kier molecular flexibility index (Phi) is 5.15. The summed E-state index contributed by atoms with van der Waals surface area (Å²) in [6.45, 7) is 3.52. The number of fused-ring (bicyclic) bond motifs is 1. The van der Waals surface area contributed by atoms with Crippen molar-refractivity contribution in [3.05, 3.63) is 67.3 Å². The van der Waals surface area contributed by atoms with Gasteiger partial charge >= 0.3 is 6.36 Å². The average Bonchev–Trinajstić information content (AvgIpc) is 3.40. The Bertz CT molecular complexity index is 1230. The zero-order valence-corrected chi connectivity index (χ0v) is 15.8. The first-order valence-electron chi connectivity index (χ1n) is 8.98. The topological polar surface area (TPSA) is 97.7 Å². The number of aromatic nitrogens is 5. The molecule has 158 valence electrons. The summed E-state index contributed by atoms with van der Waals surface area (Å²) in [7, 11) is 0. The van der Waals surface area contributed by atoms with Gasteiger partial charge in [-0.2, -0.15) is 10.2 Å². The van der Waals surface area contributed by atoms with Gasteiger partial charge in [0, 0.05) is 18.0 Å². The number of ether oxygens (including phenoxy) is 1. The Hall–Kier alpha value is -4.15. The maximum atomic E-state index is 12.4. The number of nitrogens with one attached hydrogen (secondary N) is 2. The summed E-state index contributed by atoms with van der Waals surface area (Å²) in [5, 5.41) is 14.6. The average molecular weight is 428 g/mol. The molecule has 0 spiro atoms. The number of hydrogen-bond acceptors (Lipinski definition) is 5. The molecular weight excluding hydrogens is 413 g/mol. The number of carbonyl (C=O) groups is 1. The van der Waals surface area contributed by atoms with Crippen LogP contribution in [0.5, 0.6) is 5.75 Å². The van der Waals surface area contributed by atoms with E-state index in [0.717, 1.165) is 17.2 Å². The molecule has 3 aromatic heterocycles. The number of alkyl halides is 3. The second-order valence-corrected chi connectivity index (χ2v) is 6.37. The van der Waals surface area contributed by atoms with E-state index in [9.17, 15) is 18.0 Å². The number of H-pyrrole nitrogens is 1. The predicted molar refractivity (Wildman–Crippen MR) is 105 cm³/mol. The van der Waals surface area contributed by atoms with Crippen molar-refractivity contribution in [2.75, 3.05) is 0 Å². The molecule has 1 amide bonds. The van der Waals surface area contributed by atoms with Gasteiger partial charge < -0.3 is 10.1 Å². The number of halogens is 3. The summed E-state index contributed by atoms with van der Waals surface area (Å²) in [5.74, 6) is -0.719. The summed E-state index contributed by atoms with van der Waals surface area (Å²) in [5.41, 5.74) is 3.02. The maximum Gasteiger partial charge on any atom is 0.573 e. The van der Waals surface area contributed by atoms with Crippen LogP contribution in [0.4, 0.5) is 13.2 Å². The van der Waals surface area contributed by atoms with Crippen LogP contribution in [0.1, 0.15) is 5.69 Å². The van der Waals surface area contributed by atoms with E-state index in [1.165, 1.54) is 28.9 Å². The van der Waals surface area contributed by atoms with Crippen LogP contribution in [0.3, 0.4) is 0 Å². The molecular formula is C20H15F3N6O2. The van der Waals surface area contributed by atoms with Gasteiger partial charge in [-0.15, -0.1) is 13.2 Å². The predicted octanol–water partition coefficient (Wildman–Crippen LogP) is 3.51. The summed E-state index contributed by atoms with van der Waals surface area (Å²) < 4.78 is 42.7. The molecule has 0 radical (unpaired) electrons. The Labute approximate surface area is 173 Å². The van der Waals surface area contributed by atoms with Gasteiger partial charge in [0.25, 0.3) is 0 Å². The fourth-order valence-electron chi connectivity index (χ4n) is 3.09. The molecule has 11 heteroatoms. The fraction of sp³-hybridized carbons (Fsp3) is 0.100. The van der Waals surface area contributed by atoms with E-state index in [2.05, 4.69) is 36.9 Å². The highest BCUT2D eigenvalue weighted by Crippen LogP contribution is 2.31. The highest BCUT2D eigenvalue weighted by Gasteiger charge is 2.31. The van der Waals surface area contributed by atoms with Gasteiger partial charge in [0.2, 0.25) is 5.91 Å². The largest absolute Gasteiger partial charge is 0.573 e. The Balaban J connectivity index is 1.81. The molecule has 1 aromatic carbocycles. The zero-order valence-electron chi connectivity index (χ0n) is 15.8. The quantitative estimate of drug-likeness (QED) is 0.458. The summed E-state index contributed by atoms with van der Waals surface area (Å²) in [6, 6.07) is 7.04. The van der Waals surface area contributed by atoms with Crippen LogP contribution in [-0.4, -0.2) is 37.2 Å². The summed E-state index contributed by atoms with van der Waals surface area (Å²) >= 11 is 0. The SMILES string of the molecule is C=CC(=O)NCc1nn(-c2ccc(OC(F)(F)F)cc2)c2nccc(-c3cn[nH]c3)c12. The van der Waals surface area contributed by atoms with Crippen molar-refractivity contribution in [1.29, 1.82) is 0 Å². The fourth-order valence-corrected chi connectivity index (χ4v) is 3.09. The van der Waals surface area contributed by atoms with Crippen molar-refractivity contribution in [3.63, 3.8) is 0 Å². The van der Waals surface area contributed by atoms with Crippen molar-refractivity contribution in [2.45, 2.75) is 12.9 Å². The maximum absolute atomic E-state index is 12.4. The van der Waals surface area contributed by atoms with Crippen LogP contribution in [0.15, 0.2) is 61.6 Å². The van der Waals surface area contributed by atoms with E-state index in [4.69, 9.17) is 0 Å². The Morgan fingerprint density at radius 3 is 2.68 bits per heavy atom. The molecule has 0 atom stereocenters. The molecule has 0 unspecified atom stereocenters. The Morgan fingerprint density at radius 2 is 2.03 bits per heavy atom. The normalized spacial score (nSPS) is 11.5. The minimum Gasteiger partial charge on any atom is -0.406 e.